The summed E-state index contributed by atoms with van der Waals surface area (Å²) in [7, 11) is 5.00. The Bertz CT molecular complexity index is 972. The average Bonchev–Trinajstić information content (AvgIpc) is 3.06. The largest absolute Gasteiger partial charge is 0.497 e. The fourth-order valence-electron chi connectivity index (χ4n) is 8.06. The van der Waals surface area contributed by atoms with Crippen LogP contribution >= 0.6 is 0 Å². The van der Waals surface area contributed by atoms with Crippen molar-refractivity contribution in [2.24, 2.45) is 23.2 Å². The molecule has 1 aliphatic heterocycles. The normalized spacial score (nSPS) is 33.5. The highest BCUT2D eigenvalue weighted by Crippen LogP contribution is 2.60. The third-order valence-electron chi connectivity index (χ3n) is 9.17. The molecule has 3 amide bonds. The highest BCUT2D eigenvalue weighted by atomic mass is 16.5. The highest BCUT2D eigenvalue weighted by molar-refractivity contribution is 6.10. The van der Waals surface area contributed by atoms with E-state index in [0.29, 0.717) is 11.3 Å². The van der Waals surface area contributed by atoms with E-state index in [9.17, 15) is 14.4 Å². The van der Waals surface area contributed by atoms with Gasteiger partial charge in [-0.2, -0.15) is 0 Å². The van der Waals surface area contributed by atoms with Gasteiger partial charge >= 0.3 is 0 Å². The Balaban J connectivity index is 1.39. The van der Waals surface area contributed by atoms with Crippen molar-refractivity contribution < 1.29 is 23.9 Å². The minimum Gasteiger partial charge on any atom is -0.497 e. The Hall–Kier alpha value is -2.41. The van der Waals surface area contributed by atoms with Crippen molar-refractivity contribution in [1.82, 2.24) is 9.80 Å². The number of ether oxygens (including phenoxy) is 2. The Labute approximate surface area is 208 Å². The summed E-state index contributed by atoms with van der Waals surface area (Å²) in [6.07, 6.45) is 7.73. The fraction of sp³-hybridized carbons (Fsp3) is 0.679. The summed E-state index contributed by atoms with van der Waals surface area (Å²) in [5.41, 5.74) is -0.333. The van der Waals surface area contributed by atoms with E-state index in [2.05, 4.69) is 0 Å². The highest BCUT2D eigenvalue weighted by Gasteiger charge is 2.55. The molecule has 1 saturated heterocycles. The number of carbonyl (C=O) groups excluding carboxylic acids is 3. The maximum Gasteiger partial charge on any atom is 0.240 e. The maximum atomic E-state index is 13.8. The molecule has 4 aliphatic carbocycles. The van der Waals surface area contributed by atoms with Crippen LogP contribution in [0, 0.1) is 23.2 Å². The van der Waals surface area contributed by atoms with Crippen LogP contribution in [-0.2, 0) is 24.5 Å². The Morgan fingerprint density at radius 1 is 1.09 bits per heavy atom. The lowest BCUT2D eigenvalue weighted by atomic mass is 9.49. The first-order valence-electron chi connectivity index (χ1n) is 13.0. The van der Waals surface area contributed by atoms with E-state index in [-0.39, 0.29) is 49.1 Å². The van der Waals surface area contributed by atoms with Crippen LogP contribution in [0.15, 0.2) is 24.3 Å². The molecule has 0 aromatic heterocycles. The quantitative estimate of drug-likeness (QED) is 0.504. The molecule has 4 saturated carbocycles. The number of rotatable bonds is 9. The number of benzene rings is 1. The Kier molecular flexibility index (Phi) is 6.41. The van der Waals surface area contributed by atoms with E-state index >= 15 is 0 Å². The van der Waals surface area contributed by atoms with Gasteiger partial charge in [0.2, 0.25) is 17.7 Å². The van der Waals surface area contributed by atoms with E-state index in [1.165, 1.54) is 43.4 Å². The molecule has 7 nitrogen and oxygen atoms in total. The molecule has 6 rings (SSSR count). The van der Waals surface area contributed by atoms with Crippen molar-refractivity contribution >= 4 is 17.7 Å². The molecule has 5 fully saturated rings. The molecule has 1 heterocycles. The van der Waals surface area contributed by atoms with Crippen molar-refractivity contribution in [2.75, 3.05) is 41.0 Å². The van der Waals surface area contributed by atoms with Crippen LogP contribution in [0.3, 0.4) is 0 Å². The molecule has 4 bridgehead atoms. The first-order chi connectivity index (χ1) is 16.8. The number of methoxy groups -OCH3 is 2. The molecule has 1 unspecified atom stereocenters. The van der Waals surface area contributed by atoms with E-state index in [1.807, 2.05) is 30.1 Å². The second kappa shape index (κ2) is 9.23. The van der Waals surface area contributed by atoms with Gasteiger partial charge in [0.25, 0.3) is 0 Å². The summed E-state index contributed by atoms with van der Waals surface area (Å²) in [6, 6.07) is 7.24. The molecule has 1 aromatic carbocycles. The minimum atomic E-state index is -1.22. The lowest BCUT2D eigenvalue weighted by Crippen LogP contribution is -2.52. The van der Waals surface area contributed by atoms with E-state index < -0.39 is 5.41 Å². The molecule has 7 heteroatoms. The van der Waals surface area contributed by atoms with Crippen LogP contribution in [0.4, 0.5) is 0 Å². The zero-order chi connectivity index (χ0) is 24.8. The molecule has 0 radical (unpaired) electrons. The van der Waals surface area contributed by atoms with Gasteiger partial charge in [-0.1, -0.05) is 12.1 Å². The molecule has 5 aliphatic rings. The number of amides is 3. The first kappa shape index (κ1) is 24.3. The van der Waals surface area contributed by atoms with Crippen molar-refractivity contribution in [1.29, 1.82) is 0 Å². The summed E-state index contributed by atoms with van der Waals surface area (Å²) in [5.74, 6) is 2.41. The zero-order valence-electron chi connectivity index (χ0n) is 21.3. The fourth-order valence-corrected chi connectivity index (χ4v) is 8.06. The minimum absolute atomic E-state index is 0.0142. The molecule has 1 atom stereocenters. The van der Waals surface area contributed by atoms with E-state index in [1.54, 1.807) is 20.3 Å². The van der Waals surface area contributed by atoms with Crippen LogP contribution in [0.25, 0.3) is 0 Å². The summed E-state index contributed by atoms with van der Waals surface area (Å²) < 4.78 is 10.5. The molecular weight excluding hydrogens is 444 g/mol. The van der Waals surface area contributed by atoms with Crippen molar-refractivity contribution in [3.8, 4) is 5.75 Å². The molecule has 35 heavy (non-hydrogen) atoms. The zero-order valence-corrected chi connectivity index (χ0v) is 21.3. The molecule has 190 valence electrons. The molecule has 1 aromatic rings. The van der Waals surface area contributed by atoms with Gasteiger partial charge in [0.05, 0.1) is 25.7 Å². The summed E-state index contributed by atoms with van der Waals surface area (Å²) in [6.45, 7) is 1.21. The van der Waals surface area contributed by atoms with Crippen LogP contribution < -0.4 is 4.74 Å². The van der Waals surface area contributed by atoms with Gasteiger partial charge in [-0.25, -0.2) is 0 Å². The molecular formula is C28H38N2O5. The molecule has 0 N–H and O–H groups in total. The number of likely N-dealkylation sites (tertiary alicyclic amines) is 1. The van der Waals surface area contributed by atoms with Gasteiger partial charge in [-0.3, -0.25) is 19.3 Å². The molecule has 0 spiro atoms. The van der Waals surface area contributed by atoms with Crippen molar-refractivity contribution in [3.63, 3.8) is 0 Å². The summed E-state index contributed by atoms with van der Waals surface area (Å²) in [5, 5.41) is 0. The lowest BCUT2D eigenvalue weighted by Gasteiger charge is -2.57. The van der Waals surface area contributed by atoms with Gasteiger partial charge in [-0.15, -0.1) is 0 Å². The maximum absolute atomic E-state index is 13.8. The third-order valence-corrected chi connectivity index (χ3v) is 9.17. The van der Waals surface area contributed by atoms with Gasteiger partial charge in [0, 0.05) is 33.5 Å². The number of carbonyl (C=O) groups is 3. The van der Waals surface area contributed by atoms with Gasteiger partial charge < -0.3 is 14.4 Å². The predicted octanol–water partition coefficient (Wildman–Crippen LogP) is 3.40. The Morgan fingerprint density at radius 2 is 1.74 bits per heavy atom. The number of hydrogen-bond donors (Lipinski definition) is 0. The number of hydrogen-bond acceptors (Lipinski definition) is 5. The predicted molar refractivity (Wildman–Crippen MR) is 131 cm³/mol. The summed E-state index contributed by atoms with van der Waals surface area (Å²) >= 11 is 0. The van der Waals surface area contributed by atoms with E-state index in [4.69, 9.17) is 9.47 Å². The number of imide groups is 1. The van der Waals surface area contributed by atoms with Crippen LogP contribution in [0.1, 0.15) is 56.9 Å². The third kappa shape index (κ3) is 4.37. The smallest absolute Gasteiger partial charge is 0.240 e. The Morgan fingerprint density at radius 3 is 2.34 bits per heavy atom. The standard InChI is InChI=1S/C28H38N2O5/c1-29(18-27-13-19-9-20(14-27)11-21(10-19)15-27)24(31)16-28(22-5-4-6-23(12-22)35-3)17-25(32)30(26(28)33)7-8-34-2/h4-6,12,19-21H,7-11,13-18H2,1-3H3. The van der Waals surface area contributed by atoms with Crippen LogP contribution in [0.5, 0.6) is 5.75 Å². The SMILES string of the molecule is COCCN1C(=O)CC(CC(=O)N(C)CC23CC4CC(CC(C4)C2)C3)(c2cccc(OC)c2)C1=O. The van der Waals surface area contributed by atoms with Gasteiger partial charge in [0.15, 0.2) is 0 Å². The van der Waals surface area contributed by atoms with Gasteiger partial charge in [-0.05, 0) is 79.4 Å². The monoisotopic (exact) mass is 482 g/mol. The topological polar surface area (TPSA) is 76.2 Å². The average molecular weight is 483 g/mol. The summed E-state index contributed by atoms with van der Waals surface area (Å²) in [4.78, 5) is 43.6. The lowest BCUT2D eigenvalue weighted by molar-refractivity contribution is -0.144. The second-order valence-electron chi connectivity index (χ2n) is 11.7. The van der Waals surface area contributed by atoms with Crippen LogP contribution in [0.2, 0.25) is 0 Å². The van der Waals surface area contributed by atoms with Crippen molar-refractivity contribution in [2.45, 2.75) is 56.8 Å². The van der Waals surface area contributed by atoms with E-state index in [0.717, 1.165) is 24.3 Å². The van der Waals surface area contributed by atoms with Gasteiger partial charge in [0.1, 0.15) is 5.75 Å². The van der Waals surface area contributed by atoms with Crippen LogP contribution in [-0.4, -0.2) is 68.5 Å². The van der Waals surface area contributed by atoms with Crippen molar-refractivity contribution in [3.05, 3.63) is 29.8 Å². The number of nitrogens with zero attached hydrogens (tertiary/aromatic N) is 2. The second-order valence-corrected chi connectivity index (χ2v) is 11.7. The first-order valence-corrected chi connectivity index (χ1v) is 13.0.